The third-order valence-electron chi connectivity index (χ3n) is 4.50. The fourth-order valence-electron chi connectivity index (χ4n) is 3.43. The van der Waals surface area contributed by atoms with E-state index in [1.165, 1.54) is 18.6 Å². The van der Waals surface area contributed by atoms with Gasteiger partial charge in [0.15, 0.2) is 5.82 Å². The Labute approximate surface area is 143 Å². The highest BCUT2D eigenvalue weighted by Crippen LogP contribution is 2.31. The van der Waals surface area contributed by atoms with Gasteiger partial charge >= 0.3 is 0 Å². The van der Waals surface area contributed by atoms with E-state index in [9.17, 15) is 9.18 Å². The molecule has 4 rings (SSSR count). The van der Waals surface area contributed by atoms with Crippen LogP contribution in [0.4, 0.5) is 10.3 Å². The lowest BCUT2D eigenvalue weighted by Crippen LogP contribution is -2.47. The Bertz CT molecular complexity index is 744. The summed E-state index contributed by atoms with van der Waals surface area (Å²) in [6.07, 6.45) is 8.36. The Morgan fingerprint density at radius 1 is 1.24 bits per heavy atom. The number of amides is 1. The van der Waals surface area contributed by atoms with E-state index in [-0.39, 0.29) is 29.8 Å². The van der Waals surface area contributed by atoms with E-state index in [4.69, 9.17) is 4.74 Å². The van der Waals surface area contributed by atoms with Gasteiger partial charge in [0.25, 0.3) is 5.91 Å². The van der Waals surface area contributed by atoms with Crippen LogP contribution in [0.1, 0.15) is 23.3 Å². The molecular weight excluding hydrogens is 327 g/mol. The summed E-state index contributed by atoms with van der Waals surface area (Å²) in [7, 11) is 0. The Hall–Kier alpha value is -2.68. The number of carbonyl (C=O) groups is 1. The summed E-state index contributed by atoms with van der Waals surface area (Å²) in [5.41, 5.74) is 0.256. The quantitative estimate of drug-likeness (QED) is 0.870. The Kier molecular flexibility index (Phi) is 4.22. The largest absolute Gasteiger partial charge is 0.374 e. The van der Waals surface area contributed by atoms with E-state index in [1.807, 2.05) is 4.90 Å². The van der Waals surface area contributed by atoms with Gasteiger partial charge in [-0.3, -0.25) is 9.78 Å². The molecule has 0 bridgehead atoms. The molecule has 2 aliphatic heterocycles. The number of anilines is 1. The van der Waals surface area contributed by atoms with Gasteiger partial charge in [0.2, 0.25) is 5.95 Å². The first-order valence-electron chi connectivity index (χ1n) is 8.15. The van der Waals surface area contributed by atoms with Crippen molar-refractivity contribution in [2.75, 3.05) is 18.1 Å². The third-order valence-corrected chi connectivity index (χ3v) is 4.50. The van der Waals surface area contributed by atoms with Crippen molar-refractivity contribution in [3.8, 4) is 0 Å². The van der Waals surface area contributed by atoms with Crippen molar-refractivity contribution in [2.45, 2.75) is 31.0 Å². The van der Waals surface area contributed by atoms with Crippen LogP contribution in [0.2, 0.25) is 0 Å². The van der Waals surface area contributed by atoms with Crippen LogP contribution < -0.4 is 10.2 Å². The zero-order valence-corrected chi connectivity index (χ0v) is 13.4. The zero-order valence-electron chi connectivity index (χ0n) is 13.4. The van der Waals surface area contributed by atoms with Crippen LogP contribution in [0.5, 0.6) is 0 Å². The van der Waals surface area contributed by atoms with Crippen molar-refractivity contribution in [1.29, 1.82) is 0 Å². The number of hydrogen-bond donors (Lipinski definition) is 1. The number of hydrogen-bond acceptors (Lipinski definition) is 7. The molecule has 25 heavy (non-hydrogen) atoms. The smallest absolute Gasteiger partial charge is 0.271 e. The van der Waals surface area contributed by atoms with E-state index in [2.05, 4.69) is 25.3 Å². The first-order valence-corrected chi connectivity index (χ1v) is 8.15. The summed E-state index contributed by atoms with van der Waals surface area (Å²) in [5.74, 6) is -0.335. The lowest BCUT2D eigenvalue weighted by atomic mass is 10.0. The molecule has 0 saturated carbocycles. The fraction of sp³-hybridized carbons (Fsp3) is 0.438. The van der Waals surface area contributed by atoms with Crippen molar-refractivity contribution in [3.63, 3.8) is 0 Å². The molecule has 0 aromatic carbocycles. The molecule has 1 amide bonds. The summed E-state index contributed by atoms with van der Waals surface area (Å²) in [5, 5.41) is 2.97. The Morgan fingerprint density at radius 2 is 2.08 bits per heavy atom. The van der Waals surface area contributed by atoms with Crippen molar-refractivity contribution < 1.29 is 13.9 Å². The number of aromatic nitrogens is 4. The van der Waals surface area contributed by atoms with Crippen LogP contribution in [0.15, 0.2) is 31.0 Å². The summed E-state index contributed by atoms with van der Waals surface area (Å²) in [6, 6.07) is -0.181. The zero-order chi connectivity index (χ0) is 17.2. The van der Waals surface area contributed by atoms with Gasteiger partial charge in [-0.25, -0.2) is 19.3 Å². The molecule has 0 aliphatic carbocycles. The minimum Gasteiger partial charge on any atom is -0.374 e. The number of halogens is 1. The summed E-state index contributed by atoms with van der Waals surface area (Å²) in [4.78, 5) is 30.4. The number of fused-ring (bicyclic) bond motifs is 1. The molecule has 0 radical (unpaired) electrons. The highest BCUT2D eigenvalue weighted by Gasteiger charge is 2.45. The van der Waals surface area contributed by atoms with Crippen LogP contribution in [0, 0.1) is 5.82 Å². The highest BCUT2D eigenvalue weighted by molar-refractivity contribution is 5.92. The lowest BCUT2D eigenvalue weighted by Gasteiger charge is -2.32. The molecule has 8 nitrogen and oxygen atoms in total. The second kappa shape index (κ2) is 6.67. The number of ether oxygens (including phenoxy) is 1. The predicted octanol–water partition coefficient (Wildman–Crippen LogP) is 0.572. The maximum absolute atomic E-state index is 13.1. The van der Waals surface area contributed by atoms with Gasteiger partial charge in [-0.1, -0.05) is 0 Å². The Morgan fingerprint density at radius 3 is 2.84 bits per heavy atom. The van der Waals surface area contributed by atoms with E-state index < -0.39 is 5.82 Å². The van der Waals surface area contributed by atoms with Crippen molar-refractivity contribution in [1.82, 2.24) is 25.3 Å². The van der Waals surface area contributed by atoms with Gasteiger partial charge in [0.1, 0.15) is 5.69 Å². The van der Waals surface area contributed by atoms with Crippen molar-refractivity contribution in [2.24, 2.45) is 0 Å². The number of nitrogens with zero attached hydrogens (tertiary/aromatic N) is 5. The second-order valence-corrected chi connectivity index (χ2v) is 6.07. The van der Waals surface area contributed by atoms with Gasteiger partial charge in [-0.2, -0.15) is 0 Å². The van der Waals surface area contributed by atoms with E-state index in [0.29, 0.717) is 19.1 Å². The van der Waals surface area contributed by atoms with Crippen LogP contribution >= 0.6 is 0 Å². The number of carbonyl (C=O) groups excluding carboxylic acids is 1. The average molecular weight is 344 g/mol. The highest BCUT2D eigenvalue weighted by atomic mass is 19.1. The molecule has 4 heterocycles. The molecule has 2 fully saturated rings. The van der Waals surface area contributed by atoms with Crippen molar-refractivity contribution >= 4 is 11.9 Å². The average Bonchev–Trinajstić information content (AvgIpc) is 3.02. The molecule has 0 spiro atoms. The van der Waals surface area contributed by atoms with Crippen LogP contribution in [0.3, 0.4) is 0 Å². The molecule has 0 unspecified atom stereocenters. The maximum Gasteiger partial charge on any atom is 0.271 e. The predicted molar refractivity (Wildman–Crippen MR) is 85.4 cm³/mol. The first-order chi connectivity index (χ1) is 12.2. The molecule has 2 saturated heterocycles. The van der Waals surface area contributed by atoms with E-state index >= 15 is 0 Å². The maximum atomic E-state index is 13.1. The molecule has 2 aliphatic rings. The van der Waals surface area contributed by atoms with Crippen LogP contribution in [0.25, 0.3) is 0 Å². The molecule has 1 N–H and O–H groups in total. The minimum absolute atomic E-state index is 0.0476. The monoisotopic (exact) mass is 344 g/mol. The Balaban J connectivity index is 1.54. The normalized spacial score (nSPS) is 25.5. The second-order valence-electron chi connectivity index (χ2n) is 6.07. The van der Waals surface area contributed by atoms with Gasteiger partial charge in [0.05, 0.1) is 36.8 Å². The van der Waals surface area contributed by atoms with Crippen LogP contribution in [-0.2, 0) is 4.74 Å². The van der Waals surface area contributed by atoms with Gasteiger partial charge < -0.3 is 15.0 Å². The minimum atomic E-state index is -0.480. The molecule has 2 aromatic heterocycles. The molecule has 2 aromatic rings. The number of nitrogens with one attached hydrogen (secondary N) is 1. The van der Waals surface area contributed by atoms with Gasteiger partial charge in [0, 0.05) is 25.5 Å². The number of rotatable bonds is 3. The standard InChI is InChI=1S/C16H17FN6O2/c17-10-6-20-16(21-7-10)23-9-12(14-13(23)2-1-5-25-14)22-15(24)11-8-18-3-4-19-11/h3-4,6-8,12-14H,1-2,5,9H2,(H,22,24)/t12-,13-,14-/m1/s1. The summed E-state index contributed by atoms with van der Waals surface area (Å²) >= 11 is 0. The SMILES string of the molecule is O=C(N[C@@H]1CN(c2ncc(F)cn2)[C@@H]2CCCO[C@@H]21)c1cnccn1. The van der Waals surface area contributed by atoms with Gasteiger partial charge in [-0.05, 0) is 12.8 Å². The van der Waals surface area contributed by atoms with Crippen LogP contribution in [-0.4, -0.2) is 57.2 Å². The molecule has 3 atom stereocenters. The summed E-state index contributed by atoms with van der Waals surface area (Å²) < 4.78 is 19.0. The fourth-order valence-corrected chi connectivity index (χ4v) is 3.43. The molecular formula is C16H17FN6O2. The lowest BCUT2D eigenvalue weighted by molar-refractivity contribution is 0.000588. The molecule has 130 valence electrons. The topological polar surface area (TPSA) is 93.1 Å². The van der Waals surface area contributed by atoms with Gasteiger partial charge in [-0.15, -0.1) is 0 Å². The summed E-state index contributed by atoms with van der Waals surface area (Å²) in [6.45, 7) is 1.14. The first kappa shape index (κ1) is 15.8. The van der Waals surface area contributed by atoms with E-state index in [0.717, 1.165) is 25.2 Å². The van der Waals surface area contributed by atoms with Crippen molar-refractivity contribution in [3.05, 3.63) is 42.5 Å². The molecule has 9 heteroatoms. The third kappa shape index (κ3) is 3.14. The van der Waals surface area contributed by atoms with E-state index in [1.54, 1.807) is 0 Å².